The Morgan fingerprint density at radius 3 is 2.79 bits per heavy atom. The van der Waals surface area contributed by atoms with E-state index in [1.54, 1.807) is 13.0 Å². The second-order valence-corrected chi connectivity index (χ2v) is 5.48. The molecule has 0 fully saturated rings. The number of carbonyl (C=O) groups excluding carboxylic acids is 2. The standard InChI is InChI=1S/C17H26O2/c1-3-4-10-15-12-13-17(19)16(15)11-8-6-5-7-9-14(2)18/h6,8,12-13,15-16H,3-5,7,9-11H2,1-2H3/b8-6-/t15-,16+/m0/s1. The van der Waals surface area contributed by atoms with Crippen molar-refractivity contribution in [2.45, 2.75) is 58.8 Å². The summed E-state index contributed by atoms with van der Waals surface area (Å²) in [5, 5.41) is 0. The van der Waals surface area contributed by atoms with Crippen molar-refractivity contribution in [2.24, 2.45) is 11.8 Å². The Bertz CT molecular complexity index is 352. The molecule has 1 rings (SSSR count). The highest BCUT2D eigenvalue weighted by Gasteiger charge is 2.28. The van der Waals surface area contributed by atoms with Gasteiger partial charge in [0.2, 0.25) is 0 Å². The fourth-order valence-electron chi connectivity index (χ4n) is 2.54. The molecule has 106 valence electrons. The fraction of sp³-hybridized carbons (Fsp3) is 0.647. The first-order valence-corrected chi connectivity index (χ1v) is 7.51. The zero-order valence-corrected chi connectivity index (χ0v) is 12.2. The molecule has 0 saturated carbocycles. The summed E-state index contributed by atoms with van der Waals surface area (Å²) in [6, 6.07) is 0. The molecule has 0 radical (unpaired) electrons. The van der Waals surface area contributed by atoms with E-state index in [0.717, 1.165) is 25.7 Å². The number of Topliss-reactive ketones (excluding diaryl/α,β-unsaturated/α-hetero) is 1. The second kappa shape index (κ2) is 8.84. The van der Waals surface area contributed by atoms with Crippen LogP contribution in [-0.4, -0.2) is 11.6 Å². The van der Waals surface area contributed by atoms with E-state index in [1.807, 2.05) is 0 Å². The van der Waals surface area contributed by atoms with E-state index >= 15 is 0 Å². The third-order valence-electron chi connectivity index (χ3n) is 3.74. The van der Waals surface area contributed by atoms with Crippen molar-refractivity contribution in [1.82, 2.24) is 0 Å². The molecule has 0 aromatic rings. The van der Waals surface area contributed by atoms with E-state index in [4.69, 9.17) is 0 Å². The number of carbonyl (C=O) groups is 2. The number of hydrogen-bond acceptors (Lipinski definition) is 2. The Morgan fingerprint density at radius 2 is 2.11 bits per heavy atom. The molecule has 0 aliphatic heterocycles. The molecule has 0 aromatic heterocycles. The van der Waals surface area contributed by atoms with Gasteiger partial charge in [-0.15, -0.1) is 0 Å². The van der Waals surface area contributed by atoms with E-state index in [1.165, 1.54) is 12.8 Å². The first-order chi connectivity index (χ1) is 9.15. The molecule has 1 aliphatic carbocycles. The lowest BCUT2D eigenvalue weighted by atomic mass is 9.87. The molecule has 0 unspecified atom stereocenters. The van der Waals surface area contributed by atoms with Crippen LogP contribution in [0.15, 0.2) is 24.3 Å². The molecule has 19 heavy (non-hydrogen) atoms. The molecule has 2 heteroatoms. The van der Waals surface area contributed by atoms with Gasteiger partial charge in [-0.1, -0.05) is 38.0 Å². The molecule has 0 aromatic carbocycles. The minimum absolute atomic E-state index is 0.163. The highest BCUT2D eigenvalue weighted by Crippen LogP contribution is 2.30. The highest BCUT2D eigenvalue weighted by atomic mass is 16.1. The van der Waals surface area contributed by atoms with Crippen LogP contribution in [-0.2, 0) is 9.59 Å². The Kier molecular flexibility index (Phi) is 7.39. The molecule has 0 saturated heterocycles. The quantitative estimate of drug-likeness (QED) is 0.460. The van der Waals surface area contributed by atoms with Gasteiger partial charge in [-0.2, -0.15) is 0 Å². The van der Waals surface area contributed by atoms with Crippen LogP contribution >= 0.6 is 0 Å². The van der Waals surface area contributed by atoms with Crippen molar-refractivity contribution in [3.8, 4) is 0 Å². The van der Waals surface area contributed by atoms with Crippen LogP contribution in [0, 0.1) is 11.8 Å². The van der Waals surface area contributed by atoms with Gasteiger partial charge in [-0.3, -0.25) is 4.79 Å². The molecule has 0 heterocycles. The van der Waals surface area contributed by atoms with Gasteiger partial charge in [0, 0.05) is 12.3 Å². The summed E-state index contributed by atoms with van der Waals surface area (Å²) >= 11 is 0. The minimum atomic E-state index is 0.163. The van der Waals surface area contributed by atoms with Gasteiger partial charge in [0.05, 0.1) is 0 Å². The first-order valence-electron chi connectivity index (χ1n) is 7.51. The minimum Gasteiger partial charge on any atom is -0.300 e. The zero-order chi connectivity index (χ0) is 14.1. The molecule has 0 N–H and O–H groups in total. The zero-order valence-electron chi connectivity index (χ0n) is 12.2. The van der Waals surface area contributed by atoms with E-state index in [9.17, 15) is 9.59 Å². The molecule has 2 atom stereocenters. The molecule has 1 aliphatic rings. The Hall–Kier alpha value is -1.18. The number of unbranched alkanes of at least 4 members (excludes halogenated alkanes) is 2. The Labute approximate surface area is 117 Å². The lowest BCUT2D eigenvalue weighted by Crippen LogP contribution is -2.15. The predicted molar refractivity (Wildman–Crippen MR) is 78.9 cm³/mol. The molecular weight excluding hydrogens is 236 g/mol. The Morgan fingerprint density at radius 1 is 1.32 bits per heavy atom. The summed E-state index contributed by atoms with van der Waals surface area (Å²) in [5.74, 6) is 1.14. The highest BCUT2D eigenvalue weighted by molar-refractivity contribution is 5.94. The van der Waals surface area contributed by atoms with Crippen LogP contribution < -0.4 is 0 Å². The van der Waals surface area contributed by atoms with Crippen molar-refractivity contribution >= 4 is 11.6 Å². The predicted octanol–water partition coefficient (Wildman–Crippen LogP) is 4.25. The van der Waals surface area contributed by atoms with Crippen LogP contribution in [0.3, 0.4) is 0 Å². The normalized spacial score (nSPS) is 22.5. The third kappa shape index (κ3) is 6.00. The van der Waals surface area contributed by atoms with Crippen molar-refractivity contribution in [2.75, 3.05) is 0 Å². The summed E-state index contributed by atoms with van der Waals surface area (Å²) in [7, 11) is 0. The SMILES string of the molecule is CCCC[C@H]1C=CC(=O)[C@@H]1C/C=C\CCCC(C)=O. The van der Waals surface area contributed by atoms with E-state index < -0.39 is 0 Å². The summed E-state index contributed by atoms with van der Waals surface area (Å²) in [6.07, 6.45) is 15.0. The Balaban J connectivity index is 2.27. The third-order valence-corrected chi connectivity index (χ3v) is 3.74. The van der Waals surface area contributed by atoms with Gasteiger partial charge < -0.3 is 4.79 Å². The average Bonchev–Trinajstić information content (AvgIpc) is 2.72. The lowest BCUT2D eigenvalue weighted by molar-refractivity contribution is -0.118. The van der Waals surface area contributed by atoms with Gasteiger partial charge in [0.25, 0.3) is 0 Å². The van der Waals surface area contributed by atoms with Crippen molar-refractivity contribution < 1.29 is 9.59 Å². The maximum atomic E-state index is 11.8. The molecule has 2 nitrogen and oxygen atoms in total. The molecule has 0 bridgehead atoms. The number of rotatable bonds is 9. The van der Waals surface area contributed by atoms with Crippen molar-refractivity contribution in [3.05, 3.63) is 24.3 Å². The maximum Gasteiger partial charge on any atom is 0.159 e. The topological polar surface area (TPSA) is 34.1 Å². The van der Waals surface area contributed by atoms with Crippen LogP contribution in [0.4, 0.5) is 0 Å². The van der Waals surface area contributed by atoms with E-state index in [0.29, 0.717) is 12.3 Å². The van der Waals surface area contributed by atoms with E-state index in [-0.39, 0.29) is 17.5 Å². The van der Waals surface area contributed by atoms with Crippen LogP contribution in [0.25, 0.3) is 0 Å². The summed E-state index contributed by atoms with van der Waals surface area (Å²) in [6.45, 7) is 3.81. The number of allylic oxidation sites excluding steroid dienone is 4. The first kappa shape index (κ1) is 15.9. The van der Waals surface area contributed by atoms with Gasteiger partial charge in [0.1, 0.15) is 5.78 Å². The fourth-order valence-corrected chi connectivity index (χ4v) is 2.54. The number of hydrogen-bond donors (Lipinski definition) is 0. The largest absolute Gasteiger partial charge is 0.300 e. The van der Waals surface area contributed by atoms with Gasteiger partial charge in [-0.05, 0) is 44.6 Å². The number of ketones is 2. The van der Waals surface area contributed by atoms with Gasteiger partial charge >= 0.3 is 0 Å². The smallest absolute Gasteiger partial charge is 0.159 e. The second-order valence-electron chi connectivity index (χ2n) is 5.48. The molecule has 0 amide bonds. The monoisotopic (exact) mass is 262 g/mol. The van der Waals surface area contributed by atoms with Crippen LogP contribution in [0.2, 0.25) is 0 Å². The maximum absolute atomic E-state index is 11.8. The van der Waals surface area contributed by atoms with Crippen molar-refractivity contribution in [3.63, 3.8) is 0 Å². The summed E-state index contributed by atoms with van der Waals surface area (Å²) < 4.78 is 0. The van der Waals surface area contributed by atoms with Crippen LogP contribution in [0.1, 0.15) is 58.8 Å². The van der Waals surface area contributed by atoms with Gasteiger partial charge in [0.15, 0.2) is 5.78 Å². The molecule has 0 spiro atoms. The summed E-state index contributed by atoms with van der Waals surface area (Å²) in [4.78, 5) is 22.6. The molecular formula is C17H26O2. The van der Waals surface area contributed by atoms with Crippen molar-refractivity contribution in [1.29, 1.82) is 0 Å². The van der Waals surface area contributed by atoms with Gasteiger partial charge in [-0.25, -0.2) is 0 Å². The average molecular weight is 262 g/mol. The van der Waals surface area contributed by atoms with Crippen LogP contribution in [0.5, 0.6) is 0 Å². The summed E-state index contributed by atoms with van der Waals surface area (Å²) in [5.41, 5.74) is 0. The van der Waals surface area contributed by atoms with E-state index in [2.05, 4.69) is 25.2 Å². The lowest BCUT2D eigenvalue weighted by Gasteiger charge is -2.15.